The molecule has 0 aliphatic carbocycles. The van der Waals surface area contributed by atoms with Crippen LogP contribution in [0.15, 0.2) is 0 Å². The molecule has 16 heavy (non-hydrogen) atoms. The van der Waals surface area contributed by atoms with E-state index in [1.54, 1.807) is 0 Å². The molecule has 0 aromatic heterocycles. The molecule has 4 nitrogen and oxygen atoms in total. The SMILES string of the molecule is [2H]C([2H])(C(=O)NC(C)(C)C([2H])([2H])[2H])N1CCC(CN)CC1. The van der Waals surface area contributed by atoms with Gasteiger partial charge in [0.2, 0.25) is 5.91 Å². The number of rotatable bonds is 3. The summed E-state index contributed by atoms with van der Waals surface area (Å²) in [4.78, 5) is 13.6. The van der Waals surface area contributed by atoms with Crippen LogP contribution in [-0.4, -0.2) is 42.5 Å². The Kier molecular flexibility index (Phi) is 2.70. The average molecular weight is 232 g/mol. The van der Waals surface area contributed by atoms with Crippen molar-refractivity contribution >= 4 is 5.91 Å². The van der Waals surface area contributed by atoms with Crippen LogP contribution in [0, 0.1) is 5.92 Å². The lowest BCUT2D eigenvalue weighted by atomic mass is 9.97. The van der Waals surface area contributed by atoms with Crippen molar-refractivity contribution in [3.63, 3.8) is 0 Å². The van der Waals surface area contributed by atoms with Gasteiger partial charge in [-0.05, 0) is 59.1 Å². The molecule has 0 unspecified atom stereocenters. The van der Waals surface area contributed by atoms with Gasteiger partial charge in [0.1, 0.15) is 0 Å². The molecule has 1 rings (SSSR count). The van der Waals surface area contributed by atoms with E-state index in [9.17, 15) is 4.79 Å². The molecule has 0 saturated carbocycles. The first-order valence-electron chi connectivity index (χ1n) is 8.19. The van der Waals surface area contributed by atoms with Crippen molar-refractivity contribution < 1.29 is 11.6 Å². The maximum absolute atomic E-state index is 12.2. The van der Waals surface area contributed by atoms with Gasteiger partial charge in [-0.2, -0.15) is 0 Å². The van der Waals surface area contributed by atoms with Gasteiger partial charge in [-0.25, -0.2) is 0 Å². The number of piperidine rings is 1. The highest BCUT2D eigenvalue weighted by Gasteiger charge is 2.21. The van der Waals surface area contributed by atoms with Crippen LogP contribution in [0.4, 0.5) is 0 Å². The Labute approximate surface area is 106 Å². The van der Waals surface area contributed by atoms with Gasteiger partial charge in [-0.3, -0.25) is 9.69 Å². The van der Waals surface area contributed by atoms with E-state index in [0.717, 1.165) is 12.8 Å². The molecule has 1 aliphatic rings. The summed E-state index contributed by atoms with van der Waals surface area (Å²) < 4.78 is 38.2. The Morgan fingerprint density at radius 3 is 2.75 bits per heavy atom. The molecule has 1 fully saturated rings. The van der Waals surface area contributed by atoms with E-state index in [4.69, 9.17) is 12.6 Å². The lowest BCUT2D eigenvalue weighted by Gasteiger charge is -2.31. The number of nitrogens with zero attached hydrogens (tertiary/aromatic N) is 1. The van der Waals surface area contributed by atoms with Crippen molar-refractivity contribution in [3.05, 3.63) is 0 Å². The number of hydrogen-bond acceptors (Lipinski definition) is 3. The fourth-order valence-electron chi connectivity index (χ4n) is 1.74. The molecule has 3 N–H and O–H groups in total. The molecule has 1 saturated heterocycles. The van der Waals surface area contributed by atoms with Gasteiger partial charge in [0, 0.05) is 9.65 Å². The second-order valence-electron chi connectivity index (χ2n) is 4.86. The van der Waals surface area contributed by atoms with E-state index in [0.29, 0.717) is 25.6 Å². The average Bonchev–Trinajstić information content (AvgIpc) is 2.36. The Morgan fingerprint density at radius 2 is 2.25 bits per heavy atom. The number of amides is 1. The molecule has 0 radical (unpaired) electrons. The number of carbonyl (C=O) groups is 1. The zero-order chi connectivity index (χ0) is 16.5. The second kappa shape index (κ2) is 5.64. The highest BCUT2D eigenvalue weighted by Crippen LogP contribution is 2.15. The Morgan fingerprint density at radius 1 is 1.62 bits per heavy atom. The first kappa shape index (κ1) is 7.67. The maximum Gasteiger partial charge on any atom is 0.234 e. The molecule has 0 bridgehead atoms. The second-order valence-corrected chi connectivity index (χ2v) is 4.86. The van der Waals surface area contributed by atoms with Gasteiger partial charge in [-0.15, -0.1) is 0 Å². The zero-order valence-corrected chi connectivity index (χ0v) is 10.0. The molecule has 1 heterocycles. The molecule has 1 amide bonds. The minimum Gasteiger partial charge on any atom is -0.350 e. The van der Waals surface area contributed by atoms with Gasteiger partial charge in [0.15, 0.2) is 0 Å². The molecule has 0 aromatic rings. The minimum atomic E-state index is -2.40. The predicted octanol–water partition coefficient (Wildman–Crippen LogP) is 0.572. The fraction of sp³-hybridized carbons (Fsp3) is 0.917. The topological polar surface area (TPSA) is 58.4 Å². The molecule has 1 aliphatic heterocycles. The van der Waals surface area contributed by atoms with Crippen molar-refractivity contribution in [1.29, 1.82) is 0 Å². The third kappa shape index (κ3) is 4.94. The summed E-state index contributed by atoms with van der Waals surface area (Å²) in [5.74, 6) is -0.547. The summed E-state index contributed by atoms with van der Waals surface area (Å²) in [6.45, 7) is -0.432. The Balaban J connectivity index is 2.72. The van der Waals surface area contributed by atoms with E-state index < -0.39 is 24.8 Å². The molecule has 0 aromatic carbocycles. The molecule has 94 valence electrons. The maximum atomic E-state index is 12.2. The van der Waals surface area contributed by atoms with Crippen LogP contribution in [0.1, 0.15) is 40.4 Å². The van der Waals surface area contributed by atoms with Crippen LogP contribution in [-0.2, 0) is 4.79 Å². The molecule has 0 spiro atoms. The van der Waals surface area contributed by atoms with Gasteiger partial charge in [-0.1, -0.05) is 0 Å². The monoisotopic (exact) mass is 232 g/mol. The summed E-state index contributed by atoms with van der Waals surface area (Å²) >= 11 is 0. The van der Waals surface area contributed by atoms with Crippen LogP contribution < -0.4 is 11.1 Å². The first-order chi connectivity index (χ1) is 9.41. The van der Waals surface area contributed by atoms with Crippen LogP contribution in [0.5, 0.6) is 0 Å². The van der Waals surface area contributed by atoms with Crippen molar-refractivity contribution in [2.75, 3.05) is 26.1 Å². The quantitative estimate of drug-likeness (QED) is 0.748. The number of nitrogens with two attached hydrogens (primary N) is 1. The minimum absolute atomic E-state index is 0.360. The first-order valence-corrected chi connectivity index (χ1v) is 5.69. The summed E-state index contributed by atoms with van der Waals surface area (Å²) in [6, 6.07) is 0. The van der Waals surface area contributed by atoms with Crippen LogP contribution in [0.2, 0.25) is 0 Å². The van der Waals surface area contributed by atoms with Crippen molar-refractivity contribution in [2.24, 2.45) is 11.7 Å². The highest BCUT2D eigenvalue weighted by atomic mass is 16.2. The number of hydrogen-bond donors (Lipinski definition) is 2. The van der Waals surface area contributed by atoms with Crippen LogP contribution >= 0.6 is 0 Å². The Bertz CT molecular complexity index is 376. The number of likely N-dealkylation sites (tertiary alicyclic amines) is 1. The Hall–Kier alpha value is -0.610. The molecular weight excluding hydrogens is 202 g/mol. The largest absolute Gasteiger partial charge is 0.350 e. The van der Waals surface area contributed by atoms with E-state index in [2.05, 4.69) is 5.32 Å². The van der Waals surface area contributed by atoms with Crippen LogP contribution in [0.3, 0.4) is 0 Å². The van der Waals surface area contributed by atoms with Gasteiger partial charge in [0.25, 0.3) is 0 Å². The normalized spacial score (nSPS) is 26.1. The zero-order valence-electron chi connectivity index (χ0n) is 15.0. The van der Waals surface area contributed by atoms with Crippen molar-refractivity contribution in [3.8, 4) is 0 Å². The van der Waals surface area contributed by atoms with Gasteiger partial charge in [0.05, 0.1) is 9.24 Å². The smallest absolute Gasteiger partial charge is 0.234 e. The van der Waals surface area contributed by atoms with Gasteiger partial charge < -0.3 is 11.1 Å². The number of carbonyl (C=O) groups excluding carboxylic acids is 1. The molecular formula is C12H25N3O. The standard InChI is InChI=1S/C12H25N3O/c1-12(2,3)14-11(16)9-15-6-4-10(8-13)5-7-15/h10H,4-9,13H2,1-3H3,(H,14,16)/i1D3,9D2. The fourth-order valence-corrected chi connectivity index (χ4v) is 1.74. The van der Waals surface area contributed by atoms with Crippen molar-refractivity contribution in [2.45, 2.75) is 39.1 Å². The summed E-state index contributed by atoms with van der Waals surface area (Å²) in [5.41, 5.74) is 4.12. The third-order valence-electron chi connectivity index (χ3n) is 2.63. The van der Waals surface area contributed by atoms with Gasteiger partial charge >= 0.3 is 0 Å². The highest BCUT2D eigenvalue weighted by molar-refractivity contribution is 5.78. The summed E-state index contributed by atoms with van der Waals surface area (Å²) in [6.07, 6.45) is 1.48. The van der Waals surface area contributed by atoms with Crippen LogP contribution in [0.25, 0.3) is 0 Å². The summed E-state index contributed by atoms with van der Waals surface area (Å²) in [7, 11) is 0. The van der Waals surface area contributed by atoms with E-state index in [-0.39, 0.29) is 0 Å². The summed E-state index contributed by atoms with van der Waals surface area (Å²) in [5, 5.41) is 2.32. The van der Waals surface area contributed by atoms with E-state index in [1.807, 2.05) is 0 Å². The number of nitrogens with one attached hydrogen (secondary N) is 1. The van der Waals surface area contributed by atoms with Crippen molar-refractivity contribution in [1.82, 2.24) is 10.2 Å². The van der Waals surface area contributed by atoms with E-state index in [1.165, 1.54) is 18.7 Å². The molecule has 0 atom stereocenters. The lowest BCUT2D eigenvalue weighted by Crippen LogP contribution is -2.47. The molecule has 4 heteroatoms. The lowest BCUT2D eigenvalue weighted by molar-refractivity contribution is -0.124. The van der Waals surface area contributed by atoms with E-state index >= 15 is 0 Å². The third-order valence-corrected chi connectivity index (χ3v) is 2.63. The predicted molar refractivity (Wildman–Crippen MR) is 66.1 cm³/mol.